The van der Waals surface area contributed by atoms with E-state index >= 15 is 0 Å². The predicted octanol–water partition coefficient (Wildman–Crippen LogP) is 3.65. The fraction of sp³-hybridized carbons (Fsp3) is 0.286. The fourth-order valence-corrected chi connectivity index (χ4v) is 2.99. The number of benzene rings is 1. The highest BCUT2D eigenvalue weighted by atomic mass is 32.1. The molecule has 0 spiro atoms. The number of anilines is 1. The maximum Gasteiger partial charge on any atom is 0.125 e. The minimum Gasteiger partial charge on any atom is -0.394 e. The average Bonchev–Trinajstić information content (AvgIpc) is 2.65. The van der Waals surface area contributed by atoms with Crippen LogP contribution in [0, 0.1) is 19.7 Å². The van der Waals surface area contributed by atoms with Gasteiger partial charge < -0.3 is 10.4 Å². The Kier molecular flexibility index (Phi) is 3.99. The smallest absolute Gasteiger partial charge is 0.125 e. The first kappa shape index (κ1) is 13.1. The largest absolute Gasteiger partial charge is 0.394 e. The van der Waals surface area contributed by atoms with Gasteiger partial charge in [-0.15, -0.1) is 11.3 Å². The summed E-state index contributed by atoms with van der Waals surface area (Å²) >= 11 is 1.70. The van der Waals surface area contributed by atoms with E-state index in [1.54, 1.807) is 23.5 Å². The minimum atomic E-state index is -0.282. The van der Waals surface area contributed by atoms with Gasteiger partial charge in [0.05, 0.1) is 12.6 Å². The molecule has 1 unspecified atom stereocenters. The summed E-state index contributed by atoms with van der Waals surface area (Å²) in [6, 6.07) is 8.14. The average molecular weight is 265 g/mol. The number of rotatable bonds is 4. The lowest BCUT2D eigenvalue weighted by Gasteiger charge is -2.17. The highest BCUT2D eigenvalue weighted by Gasteiger charge is 2.15. The second-order valence-electron chi connectivity index (χ2n) is 4.26. The topological polar surface area (TPSA) is 32.3 Å². The van der Waals surface area contributed by atoms with Crippen LogP contribution in [0.2, 0.25) is 0 Å². The number of hydrogen-bond donors (Lipinski definition) is 2. The molecule has 0 radical (unpaired) electrons. The van der Waals surface area contributed by atoms with Crippen molar-refractivity contribution in [3.05, 3.63) is 51.5 Å². The van der Waals surface area contributed by atoms with Crippen LogP contribution in [0.3, 0.4) is 0 Å². The quantitative estimate of drug-likeness (QED) is 0.884. The molecule has 0 aliphatic carbocycles. The van der Waals surface area contributed by atoms with Crippen LogP contribution >= 0.6 is 11.3 Å². The molecule has 0 saturated carbocycles. The summed E-state index contributed by atoms with van der Waals surface area (Å²) in [5.74, 6) is -0.282. The molecule has 0 amide bonds. The number of halogens is 1. The summed E-state index contributed by atoms with van der Waals surface area (Å²) in [6.45, 7) is 4.05. The van der Waals surface area contributed by atoms with Crippen molar-refractivity contribution in [1.29, 1.82) is 0 Å². The van der Waals surface area contributed by atoms with Crippen molar-refractivity contribution in [3.8, 4) is 0 Å². The Morgan fingerprint density at radius 3 is 2.67 bits per heavy atom. The Labute approximate surface area is 110 Å². The second kappa shape index (κ2) is 5.50. The van der Waals surface area contributed by atoms with Crippen LogP contribution in [0.1, 0.15) is 21.4 Å². The van der Waals surface area contributed by atoms with E-state index < -0.39 is 0 Å². The molecule has 4 heteroatoms. The van der Waals surface area contributed by atoms with Crippen molar-refractivity contribution in [2.45, 2.75) is 19.9 Å². The lowest BCUT2D eigenvalue weighted by molar-refractivity contribution is 0.276. The molecule has 0 bridgehead atoms. The van der Waals surface area contributed by atoms with Crippen LogP contribution < -0.4 is 5.32 Å². The fourth-order valence-electron chi connectivity index (χ4n) is 2.00. The highest BCUT2D eigenvalue weighted by Crippen LogP contribution is 2.28. The zero-order valence-corrected chi connectivity index (χ0v) is 11.2. The van der Waals surface area contributed by atoms with Crippen LogP contribution in [0.25, 0.3) is 0 Å². The summed E-state index contributed by atoms with van der Waals surface area (Å²) in [6.07, 6.45) is 0. The molecule has 2 N–H and O–H groups in total. The molecule has 0 aliphatic heterocycles. The lowest BCUT2D eigenvalue weighted by atomic mass is 10.1. The zero-order chi connectivity index (χ0) is 13.1. The number of aryl methyl sites for hydroxylation is 2. The molecule has 0 saturated heterocycles. The Balaban J connectivity index is 2.22. The van der Waals surface area contributed by atoms with Crippen LogP contribution in [-0.4, -0.2) is 11.7 Å². The van der Waals surface area contributed by atoms with E-state index in [0.717, 1.165) is 5.56 Å². The molecule has 2 rings (SSSR count). The molecule has 18 heavy (non-hydrogen) atoms. The first-order valence-corrected chi connectivity index (χ1v) is 6.61. The van der Waals surface area contributed by atoms with Gasteiger partial charge in [0.1, 0.15) is 5.82 Å². The third-order valence-electron chi connectivity index (χ3n) is 2.80. The van der Waals surface area contributed by atoms with Crippen LogP contribution in [0.15, 0.2) is 30.3 Å². The first-order valence-electron chi connectivity index (χ1n) is 5.80. The normalized spacial score (nSPS) is 12.4. The Bertz CT molecular complexity index is 538. The van der Waals surface area contributed by atoms with Crippen molar-refractivity contribution in [1.82, 2.24) is 0 Å². The minimum absolute atomic E-state index is 0.0203. The van der Waals surface area contributed by atoms with E-state index in [0.29, 0.717) is 5.69 Å². The maximum absolute atomic E-state index is 13.1. The van der Waals surface area contributed by atoms with E-state index in [1.165, 1.54) is 21.9 Å². The van der Waals surface area contributed by atoms with Gasteiger partial charge in [-0.05, 0) is 43.7 Å². The Morgan fingerprint density at radius 1 is 1.33 bits per heavy atom. The number of nitrogens with one attached hydrogen (secondary N) is 1. The molecule has 0 aliphatic rings. The summed E-state index contributed by atoms with van der Waals surface area (Å²) in [5.41, 5.74) is 1.75. The summed E-state index contributed by atoms with van der Waals surface area (Å²) < 4.78 is 13.1. The van der Waals surface area contributed by atoms with Gasteiger partial charge in [-0.2, -0.15) is 0 Å². The number of thiophene rings is 1. The van der Waals surface area contributed by atoms with Gasteiger partial charge in [-0.25, -0.2) is 4.39 Å². The molecular formula is C14H16FNOS. The van der Waals surface area contributed by atoms with Gasteiger partial charge in [-0.1, -0.05) is 6.07 Å². The molecule has 2 aromatic rings. The molecule has 1 aromatic carbocycles. The van der Waals surface area contributed by atoms with Crippen molar-refractivity contribution in [2.24, 2.45) is 0 Å². The Morgan fingerprint density at radius 2 is 2.11 bits per heavy atom. The maximum atomic E-state index is 13.1. The standard InChI is InChI=1S/C14H16FNOS/c1-9-6-13(10(2)18-9)14(8-17)16-12-5-3-4-11(15)7-12/h3-7,14,16-17H,8H2,1-2H3. The van der Waals surface area contributed by atoms with Gasteiger partial charge in [-0.3, -0.25) is 0 Å². The second-order valence-corrected chi connectivity index (χ2v) is 5.72. The monoisotopic (exact) mass is 265 g/mol. The van der Waals surface area contributed by atoms with Gasteiger partial charge in [0.2, 0.25) is 0 Å². The molecule has 2 nitrogen and oxygen atoms in total. The van der Waals surface area contributed by atoms with E-state index in [9.17, 15) is 9.50 Å². The summed E-state index contributed by atoms with van der Waals surface area (Å²) in [5, 5.41) is 12.6. The highest BCUT2D eigenvalue weighted by molar-refractivity contribution is 7.12. The Hall–Kier alpha value is -1.39. The zero-order valence-electron chi connectivity index (χ0n) is 10.4. The number of hydrogen-bond acceptors (Lipinski definition) is 3. The van der Waals surface area contributed by atoms with Crippen molar-refractivity contribution in [3.63, 3.8) is 0 Å². The predicted molar refractivity (Wildman–Crippen MR) is 73.6 cm³/mol. The third kappa shape index (κ3) is 2.89. The first-order chi connectivity index (χ1) is 8.60. The lowest BCUT2D eigenvalue weighted by Crippen LogP contribution is -2.15. The van der Waals surface area contributed by atoms with Gasteiger partial charge in [0, 0.05) is 15.4 Å². The third-order valence-corrected chi connectivity index (χ3v) is 3.78. The summed E-state index contributed by atoms with van der Waals surface area (Å²) in [7, 11) is 0. The van der Waals surface area contributed by atoms with Gasteiger partial charge >= 0.3 is 0 Å². The van der Waals surface area contributed by atoms with E-state index in [2.05, 4.69) is 11.4 Å². The van der Waals surface area contributed by atoms with E-state index in [-0.39, 0.29) is 18.5 Å². The molecule has 1 heterocycles. The number of aliphatic hydroxyl groups is 1. The van der Waals surface area contributed by atoms with Gasteiger partial charge in [0.15, 0.2) is 0 Å². The van der Waals surface area contributed by atoms with E-state index in [4.69, 9.17) is 0 Å². The van der Waals surface area contributed by atoms with Crippen LogP contribution in [0.5, 0.6) is 0 Å². The van der Waals surface area contributed by atoms with Crippen molar-refractivity contribution >= 4 is 17.0 Å². The number of aliphatic hydroxyl groups excluding tert-OH is 1. The molecule has 1 atom stereocenters. The van der Waals surface area contributed by atoms with E-state index in [1.807, 2.05) is 13.8 Å². The SMILES string of the molecule is Cc1cc(C(CO)Nc2cccc(F)c2)c(C)s1. The van der Waals surface area contributed by atoms with Crippen molar-refractivity contribution < 1.29 is 9.50 Å². The van der Waals surface area contributed by atoms with Crippen molar-refractivity contribution in [2.75, 3.05) is 11.9 Å². The van der Waals surface area contributed by atoms with Crippen LogP contribution in [-0.2, 0) is 0 Å². The van der Waals surface area contributed by atoms with Crippen LogP contribution in [0.4, 0.5) is 10.1 Å². The molecular weight excluding hydrogens is 249 g/mol. The molecule has 96 valence electrons. The van der Waals surface area contributed by atoms with Gasteiger partial charge in [0.25, 0.3) is 0 Å². The summed E-state index contributed by atoms with van der Waals surface area (Å²) in [4.78, 5) is 2.39. The molecule has 1 aromatic heterocycles. The molecule has 0 fully saturated rings.